The van der Waals surface area contributed by atoms with Crippen molar-refractivity contribution >= 4 is 34.5 Å². The van der Waals surface area contributed by atoms with Crippen molar-refractivity contribution in [2.45, 2.75) is 13.5 Å². The van der Waals surface area contributed by atoms with Crippen molar-refractivity contribution in [2.75, 3.05) is 4.90 Å². The van der Waals surface area contributed by atoms with Crippen molar-refractivity contribution in [1.82, 2.24) is 4.98 Å². The maximum absolute atomic E-state index is 13.5. The Labute approximate surface area is 179 Å². The molecule has 0 aliphatic carbocycles. The first kappa shape index (κ1) is 19.4. The normalized spacial score (nSPS) is 10.7. The molecule has 1 aromatic heterocycles. The summed E-state index contributed by atoms with van der Waals surface area (Å²) >= 11 is 7.41. The predicted octanol–water partition coefficient (Wildman–Crippen LogP) is 6.62. The summed E-state index contributed by atoms with van der Waals surface area (Å²) < 4.78 is 0. The minimum Gasteiger partial charge on any atom is -0.303 e. The first-order valence-corrected chi connectivity index (χ1v) is 10.5. The van der Waals surface area contributed by atoms with Gasteiger partial charge in [0.15, 0.2) is 0 Å². The summed E-state index contributed by atoms with van der Waals surface area (Å²) in [6.07, 6.45) is 0. The zero-order chi connectivity index (χ0) is 20.2. The van der Waals surface area contributed by atoms with Crippen molar-refractivity contribution in [1.29, 1.82) is 0 Å². The van der Waals surface area contributed by atoms with Crippen LogP contribution in [0, 0.1) is 6.92 Å². The summed E-state index contributed by atoms with van der Waals surface area (Å²) in [5.74, 6) is -0.0460. The molecule has 0 fully saturated rings. The van der Waals surface area contributed by atoms with Gasteiger partial charge in [0.25, 0.3) is 5.91 Å². The summed E-state index contributed by atoms with van der Waals surface area (Å²) in [4.78, 5) is 20.6. The van der Waals surface area contributed by atoms with Crippen LogP contribution in [0.1, 0.15) is 20.9 Å². The third kappa shape index (κ3) is 4.39. The van der Waals surface area contributed by atoms with E-state index in [1.807, 2.05) is 96.8 Å². The fraction of sp³-hybridized carbons (Fsp3) is 0.0833. The number of hydrogen-bond donors (Lipinski definition) is 0. The summed E-state index contributed by atoms with van der Waals surface area (Å²) in [5, 5.41) is 1.49. The second-order valence-corrected chi connectivity index (χ2v) is 8.09. The Morgan fingerprint density at radius 1 is 0.931 bits per heavy atom. The molecule has 1 amide bonds. The van der Waals surface area contributed by atoms with Crippen LogP contribution in [0.4, 0.5) is 5.69 Å². The third-order valence-corrected chi connectivity index (χ3v) is 6.03. The molecule has 0 spiro atoms. The molecule has 0 aliphatic rings. The molecule has 144 valence electrons. The lowest BCUT2D eigenvalue weighted by molar-refractivity contribution is 0.0988. The van der Waals surface area contributed by atoms with Gasteiger partial charge in [0, 0.05) is 16.3 Å². The third-order valence-electron chi connectivity index (χ3n) is 4.58. The zero-order valence-corrected chi connectivity index (χ0v) is 17.5. The lowest BCUT2D eigenvalue weighted by Gasteiger charge is -2.22. The van der Waals surface area contributed by atoms with E-state index in [9.17, 15) is 4.79 Å². The molecule has 0 atom stereocenters. The number of benzene rings is 3. The highest BCUT2D eigenvalue weighted by Crippen LogP contribution is 2.31. The molecule has 0 saturated heterocycles. The van der Waals surface area contributed by atoms with Crippen LogP contribution in [0.5, 0.6) is 0 Å². The number of nitrogens with zero attached hydrogens (tertiary/aromatic N) is 2. The molecule has 29 heavy (non-hydrogen) atoms. The smallest absolute Gasteiger partial charge is 0.270 e. The van der Waals surface area contributed by atoms with Gasteiger partial charge in [0.05, 0.1) is 12.2 Å². The Kier molecular flexibility index (Phi) is 5.74. The van der Waals surface area contributed by atoms with E-state index in [1.54, 1.807) is 0 Å². The second kappa shape index (κ2) is 8.60. The monoisotopic (exact) mass is 418 g/mol. The Balaban J connectivity index is 1.70. The van der Waals surface area contributed by atoms with Crippen LogP contribution in [0.15, 0.2) is 84.9 Å². The van der Waals surface area contributed by atoms with Crippen molar-refractivity contribution in [3.63, 3.8) is 0 Å². The number of thiazole rings is 1. The number of carbonyl (C=O) groups excluding carboxylic acids is 1. The minimum atomic E-state index is -0.0460. The molecule has 3 aromatic carbocycles. The Hall–Kier alpha value is -2.95. The molecule has 3 nitrogen and oxygen atoms in total. The van der Waals surface area contributed by atoms with E-state index in [-0.39, 0.29) is 5.91 Å². The maximum Gasteiger partial charge on any atom is 0.270 e. The molecule has 0 aliphatic heterocycles. The minimum absolute atomic E-state index is 0.0460. The molecule has 0 radical (unpaired) electrons. The van der Waals surface area contributed by atoms with Crippen LogP contribution in [-0.2, 0) is 6.54 Å². The molecular weight excluding hydrogens is 400 g/mol. The van der Waals surface area contributed by atoms with Crippen molar-refractivity contribution in [3.05, 3.63) is 106 Å². The quantitative estimate of drug-likeness (QED) is 0.365. The van der Waals surface area contributed by atoms with Crippen LogP contribution in [0.25, 0.3) is 10.6 Å². The second-order valence-electron chi connectivity index (χ2n) is 6.65. The molecule has 0 saturated carbocycles. The van der Waals surface area contributed by atoms with Crippen LogP contribution in [0.2, 0.25) is 5.02 Å². The number of para-hydroxylation sites is 1. The number of amides is 1. The number of rotatable bonds is 5. The van der Waals surface area contributed by atoms with Crippen molar-refractivity contribution < 1.29 is 4.79 Å². The molecule has 5 heteroatoms. The molecule has 1 heterocycles. The first-order valence-electron chi connectivity index (χ1n) is 9.26. The van der Waals surface area contributed by atoms with E-state index < -0.39 is 0 Å². The van der Waals surface area contributed by atoms with Gasteiger partial charge in [-0.15, -0.1) is 11.3 Å². The first-order chi connectivity index (χ1) is 14.1. The average molecular weight is 419 g/mol. The van der Waals surface area contributed by atoms with E-state index >= 15 is 0 Å². The zero-order valence-electron chi connectivity index (χ0n) is 15.9. The van der Waals surface area contributed by atoms with Gasteiger partial charge in [-0.2, -0.15) is 0 Å². The molecular formula is C24H19ClN2OS. The van der Waals surface area contributed by atoms with Gasteiger partial charge >= 0.3 is 0 Å². The lowest BCUT2D eigenvalue weighted by atomic mass is 10.2. The number of carbonyl (C=O) groups is 1. The lowest BCUT2D eigenvalue weighted by Crippen LogP contribution is -2.30. The van der Waals surface area contributed by atoms with Gasteiger partial charge in [-0.05, 0) is 36.8 Å². The van der Waals surface area contributed by atoms with Gasteiger partial charge in [-0.3, -0.25) is 4.79 Å². The maximum atomic E-state index is 13.5. The highest BCUT2D eigenvalue weighted by Gasteiger charge is 2.23. The number of anilines is 1. The number of aryl methyl sites for hydroxylation is 1. The largest absolute Gasteiger partial charge is 0.303 e. The highest BCUT2D eigenvalue weighted by atomic mass is 35.5. The topological polar surface area (TPSA) is 33.2 Å². The summed E-state index contributed by atoms with van der Waals surface area (Å²) in [6, 6.07) is 27.3. The number of halogens is 1. The van der Waals surface area contributed by atoms with E-state index in [0.717, 1.165) is 27.5 Å². The fourth-order valence-electron chi connectivity index (χ4n) is 3.09. The molecule has 0 bridgehead atoms. The standard InChI is InChI=1S/C24H19ClN2OS/c1-17-22(29-23(26-17)19-12-14-20(25)15-13-19)24(28)27(21-10-6-3-7-11-21)16-18-8-4-2-5-9-18/h2-15H,16H2,1H3. The summed E-state index contributed by atoms with van der Waals surface area (Å²) in [5.41, 5.74) is 3.63. The van der Waals surface area contributed by atoms with Crippen LogP contribution in [-0.4, -0.2) is 10.9 Å². The van der Waals surface area contributed by atoms with Crippen LogP contribution >= 0.6 is 22.9 Å². The fourth-order valence-corrected chi connectivity index (χ4v) is 4.23. The van der Waals surface area contributed by atoms with Gasteiger partial charge < -0.3 is 4.90 Å². The van der Waals surface area contributed by atoms with Gasteiger partial charge in [0.2, 0.25) is 0 Å². The van der Waals surface area contributed by atoms with Crippen LogP contribution < -0.4 is 4.90 Å². The van der Waals surface area contributed by atoms with Crippen molar-refractivity contribution in [3.8, 4) is 10.6 Å². The van der Waals surface area contributed by atoms with Crippen molar-refractivity contribution in [2.24, 2.45) is 0 Å². The van der Waals surface area contributed by atoms with Gasteiger partial charge in [-0.25, -0.2) is 4.98 Å². The molecule has 0 unspecified atom stereocenters. The van der Waals surface area contributed by atoms with E-state index in [2.05, 4.69) is 4.98 Å². The Bertz CT molecular complexity index is 1110. The SMILES string of the molecule is Cc1nc(-c2ccc(Cl)cc2)sc1C(=O)N(Cc1ccccc1)c1ccccc1. The Morgan fingerprint density at radius 2 is 1.55 bits per heavy atom. The Morgan fingerprint density at radius 3 is 2.21 bits per heavy atom. The predicted molar refractivity (Wildman–Crippen MR) is 121 cm³/mol. The van der Waals surface area contributed by atoms with Gasteiger partial charge in [-0.1, -0.05) is 72.3 Å². The van der Waals surface area contributed by atoms with E-state index in [0.29, 0.717) is 16.4 Å². The van der Waals surface area contributed by atoms with Gasteiger partial charge in [0.1, 0.15) is 9.88 Å². The number of aromatic nitrogens is 1. The average Bonchev–Trinajstić information content (AvgIpc) is 3.15. The van der Waals surface area contributed by atoms with Crippen LogP contribution in [0.3, 0.4) is 0 Å². The summed E-state index contributed by atoms with van der Waals surface area (Å²) in [7, 11) is 0. The van der Waals surface area contributed by atoms with E-state index in [1.165, 1.54) is 11.3 Å². The summed E-state index contributed by atoms with van der Waals surface area (Å²) in [6.45, 7) is 2.38. The highest BCUT2D eigenvalue weighted by molar-refractivity contribution is 7.17. The number of hydrogen-bond acceptors (Lipinski definition) is 3. The molecule has 0 N–H and O–H groups in total. The van der Waals surface area contributed by atoms with E-state index in [4.69, 9.17) is 11.6 Å². The molecule has 4 rings (SSSR count). The molecule has 4 aromatic rings.